The zero-order chi connectivity index (χ0) is 14.7. The fraction of sp³-hybridized carbons (Fsp3) is 0.833. The van der Waals surface area contributed by atoms with Gasteiger partial charge in [0.05, 0.1) is 6.42 Å². The Morgan fingerprint density at radius 2 is 1.42 bits per heavy atom. The van der Waals surface area contributed by atoms with Crippen LogP contribution in [0, 0.1) is 10.1 Å². The maximum absolute atomic E-state index is 10.7. The van der Waals surface area contributed by atoms with Gasteiger partial charge in [0.15, 0.2) is 0 Å². The minimum absolute atomic E-state index is 0.0708. The molecule has 0 amide bonds. The molecule has 0 saturated carbocycles. The predicted molar refractivity (Wildman–Crippen MR) is 67.6 cm³/mol. The van der Waals surface area contributed by atoms with Gasteiger partial charge in [-0.3, -0.25) is 19.7 Å². The number of hydrogen-bond acceptors (Lipinski definition) is 4. The molecule has 0 rings (SSSR count). The zero-order valence-corrected chi connectivity index (χ0v) is 10.9. The van der Waals surface area contributed by atoms with Gasteiger partial charge in [-0.15, -0.1) is 0 Å². The lowest BCUT2D eigenvalue weighted by molar-refractivity contribution is -0.524. The number of carbonyl (C=O) groups is 2. The molecule has 0 bridgehead atoms. The van der Waals surface area contributed by atoms with Gasteiger partial charge in [-0.1, -0.05) is 19.3 Å². The Hall–Kier alpha value is -1.66. The van der Waals surface area contributed by atoms with E-state index in [1.807, 2.05) is 0 Å². The van der Waals surface area contributed by atoms with Crippen molar-refractivity contribution in [2.24, 2.45) is 0 Å². The molecule has 0 heterocycles. The molecule has 0 aliphatic carbocycles. The third kappa shape index (κ3) is 11.2. The maximum Gasteiger partial charge on any atom is 0.303 e. The largest absolute Gasteiger partial charge is 0.481 e. The monoisotopic (exact) mass is 275 g/mol. The van der Waals surface area contributed by atoms with E-state index in [-0.39, 0.29) is 19.3 Å². The highest BCUT2D eigenvalue weighted by Gasteiger charge is 2.20. The first-order chi connectivity index (χ1) is 8.93. The van der Waals surface area contributed by atoms with E-state index in [0.717, 1.165) is 19.3 Å². The molecule has 0 aromatic rings. The van der Waals surface area contributed by atoms with Crippen molar-refractivity contribution in [3.05, 3.63) is 10.1 Å². The Bertz CT molecular complexity index is 305. The standard InChI is InChI=1S/C12H21NO6/c14-11(15)7-5-3-1-2-4-6-10(13(18)19)8-9-12(16)17/h10H,1-9H2,(H,14,15)(H,16,17). The highest BCUT2D eigenvalue weighted by atomic mass is 16.6. The van der Waals surface area contributed by atoms with Gasteiger partial charge in [-0.25, -0.2) is 0 Å². The molecular weight excluding hydrogens is 254 g/mol. The molecule has 7 heteroatoms. The molecule has 0 aliphatic heterocycles. The van der Waals surface area contributed by atoms with Crippen molar-refractivity contribution in [3.63, 3.8) is 0 Å². The fourth-order valence-electron chi connectivity index (χ4n) is 1.83. The number of nitrogens with zero attached hydrogens (tertiary/aromatic N) is 1. The van der Waals surface area contributed by atoms with E-state index in [2.05, 4.69) is 0 Å². The van der Waals surface area contributed by atoms with E-state index in [1.165, 1.54) is 0 Å². The van der Waals surface area contributed by atoms with E-state index in [1.54, 1.807) is 0 Å². The van der Waals surface area contributed by atoms with Gasteiger partial charge < -0.3 is 10.2 Å². The van der Waals surface area contributed by atoms with Crippen molar-refractivity contribution in [3.8, 4) is 0 Å². The van der Waals surface area contributed by atoms with Crippen LogP contribution in [0.3, 0.4) is 0 Å². The van der Waals surface area contributed by atoms with Crippen LogP contribution in [0.5, 0.6) is 0 Å². The highest BCUT2D eigenvalue weighted by Crippen LogP contribution is 2.13. The van der Waals surface area contributed by atoms with E-state index in [4.69, 9.17) is 10.2 Å². The predicted octanol–water partition coefficient (Wildman–Crippen LogP) is 2.31. The molecule has 7 nitrogen and oxygen atoms in total. The summed E-state index contributed by atoms with van der Waals surface area (Å²) in [4.78, 5) is 30.9. The molecular formula is C12H21NO6. The maximum atomic E-state index is 10.7. The van der Waals surface area contributed by atoms with Crippen LogP contribution < -0.4 is 0 Å². The first kappa shape index (κ1) is 17.3. The number of aliphatic carboxylic acids is 2. The average molecular weight is 275 g/mol. The number of unbranched alkanes of at least 4 members (excludes halogenated alkanes) is 4. The quantitative estimate of drug-likeness (QED) is 0.320. The van der Waals surface area contributed by atoms with Gasteiger partial charge in [0.1, 0.15) is 0 Å². The van der Waals surface area contributed by atoms with Crippen LogP contribution in [0.15, 0.2) is 0 Å². The smallest absolute Gasteiger partial charge is 0.303 e. The van der Waals surface area contributed by atoms with Crippen LogP contribution >= 0.6 is 0 Å². The summed E-state index contributed by atoms with van der Waals surface area (Å²) in [6.45, 7) is 0. The summed E-state index contributed by atoms with van der Waals surface area (Å²) in [5.41, 5.74) is 0. The highest BCUT2D eigenvalue weighted by molar-refractivity contribution is 5.66. The molecule has 110 valence electrons. The summed E-state index contributed by atoms with van der Waals surface area (Å²) in [7, 11) is 0. The van der Waals surface area contributed by atoms with Crippen LogP contribution in [0.4, 0.5) is 0 Å². The second kappa shape index (κ2) is 10.3. The first-order valence-corrected chi connectivity index (χ1v) is 6.50. The average Bonchev–Trinajstić information content (AvgIpc) is 2.30. The summed E-state index contributed by atoms with van der Waals surface area (Å²) < 4.78 is 0. The number of rotatable bonds is 12. The van der Waals surface area contributed by atoms with Crippen molar-refractivity contribution >= 4 is 11.9 Å². The van der Waals surface area contributed by atoms with Gasteiger partial charge >= 0.3 is 11.9 Å². The molecule has 1 unspecified atom stereocenters. The van der Waals surface area contributed by atoms with Crippen molar-refractivity contribution in [2.75, 3.05) is 0 Å². The third-order valence-corrected chi connectivity index (χ3v) is 2.92. The molecule has 1 atom stereocenters. The normalized spacial score (nSPS) is 12.0. The minimum Gasteiger partial charge on any atom is -0.481 e. The topological polar surface area (TPSA) is 118 Å². The Balaban J connectivity index is 3.61. The third-order valence-electron chi connectivity index (χ3n) is 2.92. The summed E-state index contributed by atoms with van der Waals surface area (Å²) in [5.74, 6) is -1.82. The molecule has 0 fully saturated rings. The lowest BCUT2D eigenvalue weighted by atomic mass is 10.0. The molecule has 0 radical (unpaired) electrons. The van der Waals surface area contributed by atoms with Crippen LogP contribution in [0.1, 0.15) is 57.8 Å². The van der Waals surface area contributed by atoms with E-state index in [0.29, 0.717) is 19.3 Å². The van der Waals surface area contributed by atoms with E-state index in [9.17, 15) is 19.7 Å². The van der Waals surface area contributed by atoms with Crippen molar-refractivity contribution in [1.29, 1.82) is 0 Å². The Labute approximate surface area is 111 Å². The zero-order valence-electron chi connectivity index (χ0n) is 10.9. The second-order valence-corrected chi connectivity index (χ2v) is 4.57. The van der Waals surface area contributed by atoms with Crippen LogP contribution in [0.25, 0.3) is 0 Å². The molecule has 2 N–H and O–H groups in total. The van der Waals surface area contributed by atoms with Crippen molar-refractivity contribution < 1.29 is 24.7 Å². The molecule has 0 saturated heterocycles. The molecule has 0 aromatic carbocycles. The number of carboxylic acids is 2. The number of nitro groups is 1. The molecule has 0 aliphatic rings. The summed E-state index contributed by atoms with van der Waals surface area (Å²) in [5, 5.41) is 27.6. The minimum atomic E-state index is -1.01. The fourth-order valence-corrected chi connectivity index (χ4v) is 1.83. The first-order valence-electron chi connectivity index (χ1n) is 6.50. The lowest BCUT2D eigenvalue weighted by Gasteiger charge is -2.07. The lowest BCUT2D eigenvalue weighted by Crippen LogP contribution is -2.20. The second-order valence-electron chi connectivity index (χ2n) is 4.57. The number of carboxylic acid groups (broad SMARTS) is 2. The summed E-state index contributed by atoms with van der Waals surface area (Å²) in [6.07, 6.45) is 4.24. The van der Waals surface area contributed by atoms with Gasteiger partial charge in [-0.05, 0) is 12.8 Å². The van der Waals surface area contributed by atoms with E-state index >= 15 is 0 Å². The summed E-state index contributed by atoms with van der Waals surface area (Å²) >= 11 is 0. The number of hydrogen-bond donors (Lipinski definition) is 2. The van der Waals surface area contributed by atoms with Gasteiger partial charge in [-0.2, -0.15) is 0 Å². The van der Waals surface area contributed by atoms with Crippen LogP contribution in [-0.2, 0) is 9.59 Å². The van der Waals surface area contributed by atoms with Gasteiger partial charge in [0.25, 0.3) is 0 Å². The van der Waals surface area contributed by atoms with Crippen LogP contribution in [-0.4, -0.2) is 33.1 Å². The Kier molecular flexibility index (Phi) is 9.38. The Morgan fingerprint density at radius 1 is 0.895 bits per heavy atom. The van der Waals surface area contributed by atoms with Gasteiger partial charge in [0.2, 0.25) is 6.04 Å². The van der Waals surface area contributed by atoms with Crippen molar-refractivity contribution in [1.82, 2.24) is 0 Å². The Morgan fingerprint density at radius 3 is 1.95 bits per heavy atom. The molecule has 19 heavy (non-hydrogen) atoms. The SMILES string of the molecule is O=C(O)CCCCCCCC(CCC(=O)O)[N+](=O)[O-]. The van der Waals surface area contributed by atoms with Crippen LogP contribution in [0.2, 0.25) is 0 Å². The summed E-state index contributed by atoms with van der Waals surface area (Å²) in [6, 6.07) is -0.782. The molecule has 0 spiro atoms. The van der Waals surface area contributed by atoms with Gasteiger partial charge in [0, 0.05) is 24.2 Å². The van der Waals surface area contributed by atoms with E-state index < -0.39 is 22.9 Å². The van der Waals surface area contributed by atoms with Crippen molar-refractivity contribution in [2.45, 2.75) is 63.8 Å². The molecule has 0 aromatic heterocycles.